The molecule has 4 N–H and O–H groups in total. The van der Waals surface area contributed by atoms with Gasteiger partial charge in [0.1, 0.15) is 5.75 Å². The number of phenols is 1. The second-order valence-corrected chi connectivity index (χ2v) is 4.71. The summed E-state index contributed by atoms with van der Waals surface area (Å²) in [6.45, 7) is 0.982. The van der Waals surface area contributed by atoms with E-state index in [0.29, 0.717) is 11.8 Å². The summed E-state index contributed by atoms with van der Waals surface area (Å²) in [5.74, 6) is 1.04. The highest BCUT2D eigenvalue weighted by molar-refractivity contribution is 5.47. The molecule has 0 atom stereocenters. The summed E-state index contributed by atoms with van der Waals surface area (Å²) in [5.41, 5.74) is 6.87. The van der Waals surface area contributed by atoms with E-state index in [-0.39, 0.29) is 0 Å². The average Bonchev–Trinajstić information content (AvgIpc) is 2.28. The van der Waals surface area contributed by atoms with Crippen molar-refractivity contribution in [3.63, 3.8) is 0 Å². The molecular formula is C13H20N2O. The molecule has 1 saturated carbocycles. The Labute approximate surface area is 96.7 Å². The minimum absolute atomic E-state index is 0.315. The molecule has 0 spiro atoms. The first-order chi connectivity index (χ1) is 7.74. The molecule has 2 rings (SSSR count). The molecule has 1 aliphatic carbocycles. The highest BCUT2D eigenvalue weighted by Crippen LogP contribution is 2.24. The highest BCUT2D eigenvalue weighted by atomic mass is 16.3. The van der Waals surface area contributed by atoms with Gasteiger partial charge < -0.3 is 16.2 Å². The monoisotopic (exact) mass is 220 g/mol. The quantitative estimate of drug-likeness (QED) is 0.732. The lowest BCUT2D eigenvalue weighted by atomic mass is 9.86. The molecule has 0 heterocycles. The van der Waals surface area contributed by atoms with Crippen molar-refractivity contribution in [2.75, 3.05) is 11.9 Å². The van der Waals surface area contributed by atoms with Crippen LogP contribution in [-0.4, -0.2) is 17.7 Å². The maximum absolute atomic E-state index is 9.33. The fourth-order valence-corrected chi connectivity index (χ4v) is 2.27. The smallest absolute Gasteiger partial charge is 0.117 e. The third kappa shape index (κ3) is 3.14. The van der Waals surface area contributed by atoms with Gasteiger partial charge in [-0.1, -0.05) is 6.07 Å². The van der Waals surface area contributed by atoms with Gasteiger partial charge in [-0.05, 0) is 43.7 Å². The Morgan fingerprint density at radius 3 is 2.69 bits per heavy atom. The van der Waals surface area contributed by atoms with Gasteiger partial charge >= 0.3 is 0 Å². The Kier molecular flexibility index (Phi) is 3.67. The maximum atomic E-state index is 9.33. The maximum Gasteiger partial charge on any atom is 0.117 e. The molecule has 0 amide bonds. The van der Waals surface area contributed by atoms with E-state index in [2.05, 4.69) is 5.32 Å². The number of nitrogens with one attached hydrogen (secondary N) is 1. The Morgan fingerprint density at radius 1 is 1.25 bits per heavy atom. The first-order valence-corrected chi connectivity index (χ1v) is 6.02. The summed E-state index contributed by atoms with van der Waals surface area (Å²) in [6, 6.07) is 7.69. The number of aromatic hydroxyl groups is 1. The predicted octanol–water partition coefficient (Wildman–Crippen LogP) is 2.32. The fraction of sp³-hybridized carbons (Fsp3) is 0.538. The summed E-state index contributed by atoms with van der Waals surface area (Å²) in [5, 5.41) is 12.7. The lowest BCUT2D eigenvalue weighted by Gasteiger charge is -2.26. The number of nitrogens with two attached hydrogens (primary N) is 1. The van der Waals surface area contributed by atoms with Gasteiger partial charge in [-0.25, -0.2) is 0 Å². The molecule has 0 saturated heterocycles. The molecular weight excluding hydrogens is 200 g/mol. The van der Waals surface area contributed by atoms with Crippen molar-refractivity contribution in [3.05, 3.63) is 24.3 Å². The van der Waals surface area contributed by atoms with E-state index in [1.807, 2.05) is 12.1 Å². The molecule has 0 aromatic heterocycles. The van der Waals surface area contributed by atoms with Gasteiger partial charge in [-0.15, -0.1) is 0 Å². The number of rotatable bonds is 3. The number of hydrogen-bond donors (Lipinski definition) is 3. The van der Waals surface area contributed by atoms with Crippen LogP contribution in [-0.2, 0) is 0 Å². The first kappa shape index (κ1) is 11.3. The summed E-state index contributed by atoms with van der Waals surface area (Å²) >= 11 is 0. The van der Waals surface area contributed by atoms with Crippen molar-refractivity contribution >= 4 is 5.69 Å². The van der Waals surface area contributed by atoms with Crippen molar-refractivity contribution in [1.29, 1.82) is 0 Å². The van der Waals surface area contributed by atoms with Crippen molar-refractivity contribution in [2.24, 2.45) is 11.7 Å². The van der Waals surface area contributed by atoms with Crippen LogP contribution in [0.25, 0.3) is 0 Å². The molecule has 3 heteroatoms. The van der Waals surface area contributed by atoms with Gasteiger partial charge in [0.15, 0.2) is 0 Å². The molecule has 3 nitrogen and oxygen atoms in total. The largest absolute Gasteiger partial charge is 0.508 e. The van der Waals surface area contributed by atoms with E-state index in [1.165, 1.54) is 12.8 Å². The molecule has 0 aliphatic heterocycles. The number of phenolic OH excluding ortho intramolecular Hbond substituents is 1. The number of benzene rings is 1. The van der Waals surface area contributed by atoms with Gasteiger partial charge in [-0.2, -0.15) is 0 Å². The first-order valence-electron chi connectivity index (χ1n) is 6.02. The van der Waals surface area contributed by atoms with Crippen LogP contribution in [0.15, 0.2) is 24.3 Å². The van der Waals surface area contributed by atoms with Crippen LogP contribution in [0.3, 0.4) is 0 Å². The van der Waals surface area contributed by atoms with E-state index >= 15 is 0 Å². The molecule has 1 fully saturated rings. The number of anilines is 1. The molecule has 0 unspecified atom stereocenters. The van der Waals surface area contributed by atoms with E-state index in [4.69, 9.17) is 5.73 Å². The van der Waals surface area contributed by atoms with Crippen LogP contribution in [0, 0.1) is 5.92 Å². The van der Waals surface area contributed by atoms with E-state index in [0.717, 1.165) is 31.0 Å². The lowest BCUT2D eigenvalue weighted by molar-refractivity contribution is 0.339. The van der Waals surface area contributed by atoms with Crippen LogP contribution < -0.4 is 11.1 Å². The van der Waals surface area contributed by atoms with E-state index in [1.54, 1.807) is 12.1 Å². The molecule has 1 aromatic rings. The summed E-state index contributed by atoms with van der Waals surface area (Å²) in [7, 11) is 0. The van der Waals surface area contributed by atoms with E-state index in [9.17, 15) is 5.11 Å². The normalized spacial score (nSPS) is 25.3. The Morgan fingerprint density at radius 2 is 2.00 bits per heavy atom. The van der Waals surface area contributed by atoms with Crippen LogP contribution in [0.1, 0.15) is 25.7 Å². The molecule has 0 bridgehead atoms. The third-order valence-corrected chi connectivity index (χ3v) is 3.33. The van der Waals surface area contributed by atoms with Gasteiger partial charge in [0.05, 0.1) is 0 Å². The molecule has 88 valence electrons. The van der Waals surface area contributed by atoms with Crippen LogP contribution in [0.4, 0.5) is 5.69 Å². The Hall–Kier alpha value is -1.22. The zero-order valence-corrected chi connectivity index (χ0v) is 9.52. The zero-order valence-electron chi connectivity index (χ0n) is 9.52. The molecule has 0 radical (unpaired) electrons. The summed E-state index contributed by atoms with van der Waals surface area (Å²) in [6.07, 6.45) is 4.72. The predicted molar refractivity (Wildman–Crippen MR) is 66.5 cm³/mol. The van der Waals surface area contributed by atoms with Crippen LogP contribution in [0.5, 0.6) is 5.75 Å². The second-order valence-electron chi connectivity index (χ2n) is 4.71. The Bertz CT molecular complexity index is 332. The average molecular weight is 220 g/mol. The summed E-state index contributed by atoms with van der Waals surface area (Å²) in [4.78, 5) is 0. The standard InChI is InChI=1S/C13H20N2O/c14-11-6-4-10(5-7-11)9-15-12-2-1-3-13(16)8-12/h1-3,8,10-11,15-16H,4-7,9,14H2. The molecule has 1 aromatic carbocycles. The third-order valence-electron chi connectivity index (χ3n) is 3.33. The Balaban J connectivity index is 1.79. The second kappa shape index (κ2) is 5.21. The molecule has 1 aliphatic rings. The van der Waals surface area contributed by atoms with Crippen molar-refractivity contribution in [2.45, 2.75) is 31.7 Å². The topological polar surface area (TPSA) is 58.3 Å². The van der Waals surface area contributed by atoms with Gasteiger partial charge in [0.25, 0.3) is 0 Å². The van der Waals surface area contributed by atoms with Crippen molar-refractivity contribution in [1.82, 2.24) is 0 Å². The SMILES string of the molecule is NC1CCC(CNc2cccc(O)c2)CC1. The van der Waals surface area contributed by atoms with Gasteiger partial charge in [0.2, 0.25) is 0 Å². The van der Waals surface area contributed by atoms with Crippen molar-refractivity contribution < 1.29 is 5.11 Å². The van der Waals surface area contributed by atoms with Crippen LogP contribution >= 0.6 is 0 Å². The minimum atomic E-state index is 0.315. The molecule has 16 heavy (non-hydrogen) atoms. The highest BCUT2D eigenvalue weighted by Gasteiger charge is 2.17. The van der Waals surface area contributed by atoms with E-state index < -0.39 is 0 Å². The van der Waals surface area contributed by atoms with Crippen molar-refractivity contribution in [3.8, 4) is 5.75 Å². The lowest BCUT2D eigenvalue weighted by Crippen LogP contribution is -2.29. The fourth-order valence-electron chi connectivity index (χ4n) is 2.27. The van der Waals surface area contributed by atoms with Gasteiger partial charge in [0, 0.05) is 24.3 Å². The number of hydrogen-bond acceptors (Lipinski definition) is 3. The minimum Gasteiger partial charge on any atom is -0.508 e. The zero-order chi connectivity index (χ0) is 11.4. The summed E-state index contributed by atoms with van der Waals surface area (Å²) < 4.78 is 0. The van der Waals surface area contributed by atoms with Crippen LogP contribution in [0.2, 0.25) is 0 Å². The van der Waals surface area contributed by atoms with Gasteiger partial charge in [-0.3, -0.25) is 0 Å².